The van der Waals surface area contributed by atoms with Crippen molar-refractivity contribution in [3.63, 3.8) is 0 Å². The van der Waals surface area contributed by atoms with E-state index in [9.17, 15) is 0 Å². The Morgan fingerprint density at radius 1 is 1.47 bits per heavy atom. The smallest absolute Gasteiger partial charge is 0.113 e. The van der Waals surface area contributed by atoms with E-state index in [0.717, 1.165) is 28.6 Å². The zero-order valence-electron chi connectivity index (χ0n) is 9.80. The summed E-state index contributed by atoms with van der Waals surface area (Å²) < 4.78 is 3.11. The fourth-order valence-electron chi connectivity index (χ4n) is 2.49. The van der Waals surface area contributed by atoms with Gasteiger partial charge in [-0.1, -0.05) is 21.1 Å². The van der Waals surface area contributed by atoms with Crippen LogP contribution in [0.4, 0.5) is 0 Å². The molecule has 2 aromatic rings. The van der Waals surface area contributed by atoms with Crippen LogP contribution in [0.3, 0.4) is 0 Å². The number of nitrogens with zero attached hydrogens (tertiary/aromatic N) is 4. The first kappa shape index (κ1) is 11.2. The third-order valence-corrected chi connectivity index (χ3v) is 3.89. The summed E-state index contributed by atoms with van der Waals surface area (Å²) in [5.41, 5.74) is 2.09. The van der Waals surface area contributed by atoms with Gasteiger partial charge in [-0.05, 0) is 44.1 Å². The number of fused-ring (bicyclic) bond motifs is 1. The van der Waals surface area contributed by atoms with E-state index < -0.39 is 0 Å². The zero-order valence-corrected chi connectivity index (χ0v) is 11.4. The maximum Gasteiger partial charge on any atom is 0.113 e. The minimum absolute atomic E-state index is 0.698. The lowest BCUT2D eigenvalue weighted by molar-refractivity contribution is 0.370. The van der Waals surface area contributed by atoms with Crippen molar-refractivity contribution in [3.8, 4) is 0 Å². The molecule has 2 heterocycles. The first-order valence-corrected chi connectivity index (χ1v) is 6.69. The lowest BCUT2D eigenvalue weighted by Crippen LogP contribution is -2.17. The molecule has 1 aromatic heterocycles. The Kier molecular flexibility index (Phi) is 2.88. The van der Waals surface area contributed by atoms with Gasteiger partial charge >= 0.3 is 0 Å². The highest BCUT2D eigenvalue weighted by Crippen LogP contribution is 2.21. The van der Waals surface area contributed by atoms with Crippen molar-refractivity contribution in [2.75, 3.05) is 20.1 Å². The summed E-state index contributed by atoms with van der Waals surface area (Å²) in [6, 6.07) is 6.10. The summed E-state index contributed by atoms with van der Waals surface area (Å²) in [6.45, 7) is 3.33. The van der Waals surface area contributed by atoms with Gasteiger partial charge < -0.3 is 4.90 Å². The summed E-state index contributed by atoms with van der Waals surface area (Å²) >= 11 is 3.50. The van der Waals surface area contributed by atoms with Crippen molar-refractivity contribution in [1.82, 2.24) is 19.9 Å². The quantitative estimate of drug-likeness (QED) is 0.851. The van der Waals surface area contributed by atoms with E-state index in [0.29, 0.717) is 5.92 Å². The zero-order chi connectivity index (χ0) is 11.8. The lowest BCUT2D eigenvalue weighted by Gasteiger charge is -2.10. The second kappa shape index (κ2) is 4.38. The van der Waals surface area contributed by atoms with Gasteiger partial charge in [-0.2, -0.15) is 0 Å². The molecule has 1 aromatic carbocycles. The second-order valence-electron chi connectivity index (χ2n) is 4.82. The molecule has 1 fully saturated rings. The van der Waals surface area contributed by atoms with E-state index in [-0.39, 0.29) is 0 Å². The van der Waals surface area contributed by atoms with Crippen LogP contribution in [0.2, 0.25) is 0 Å². The number of likely N-dealkylation sites (tertiary alicyclic amines) is 1. The molecule has 0 aliphatic carbocycles. The van der Waals surface area contributed by atoms with Gasteiger partial charge in [-0.25, -0.2) is 4.68 Å². The molecule has 1 aliphatic heterocycles. The third-order valence-electron chi connectivity index (χ3n) is 3.40. The second-order valence-corrected chi connectivity index (χ2v) is 5.74. The molecule has 4 nitrogen and oxygen atoms in total. The average molecular weight is 295 g/mol. The molecule has 90 valence electrons. The molecular weight excluding hydrogens is 280 g/mol. The normalized spacial score (nSPS) is 21.4. The molecule has 0 radical (unpaired) electrons. The molecule has 0 saturated carbocycles. The van der Waals surface area contributed by atoms with Gasteiger partial charge in [-0.15, -0.1) is 5.10 Å². The van der Waals surface area contributed by atoms with E-state index in [1.165, 1.54) is 13.0 Å². The molecule has 5 heteroatoms. The number of hydrogen-bond donors (Lipinski definition) is 0. The predicted octanol–water partition coefficient (Wildman–Crippen LogP) is 2.15. The summed E-state index contributed by atoms with van der Waals surface area (Å²) in [6.07, 6.45) is 1.26. The maximum atomic E-state index is 4.25. The Hall–Kier alpha value is -0.940. The van der Waals surface area contributed by atoms with Crippen molar-refractivity contribution in [2.24, 2.45) is 5.92 Å². The highest BCUT2D eigenvalue weighted by atomic mass is 79.9. The Morgan fingerprint density at radius 3 is 3.12 bits per heavy atom. The van der Waals surface area contributed by atoms with Gasteiger partial charge in [0.15, 0.2) is 0 Å². The Labute approximate surface area is 109 Å². The van der Waals surface area contributed by atoms with Gasteiger partial charge in [-0.3, -0.25) is 0 Å². The van der Waals surface area contributed by atoms with Crippen LogP contribution in [0.25, 0.3) is 11.0 Å². The van der Waals surface area contributed by atoms with Crippen molar-refractivity contribution in [3.05, 3.63) is 22.7 Å². The van der Waals surface area contributed by atoms with Crippen LogP contribution >= 0.6 is 15.9 Å². The van der Waals surface area contributed by atoms with Gasteiger partial charge in [0.25, 0.3) is 0 Å². The van der Waals surface area contributed by atoms with Crippen molar-refractivity contribution in [2.45, 2.75) is 13.0 Å². The van der Waals surface area contributed by atoms with Crippen LogP contribution in [0.15, 0.2) is 22.7 Å². The third kappa shape index (κ3) is 2.21. The molecule has 3 rings (SSSR count). The topological polar surface area (TPSA) is 34.0 Å². The standard InChI is InChI=1S/C12H15BrN4/c1-16-5-4-9(7-16)8-17-12-6-10(13)2-3-11(12)14-15-17/h2-3,6,9H,4-5,7-8H2,1H3. The number of aromatic nitrogens is 3. The van der Waals surface area contributed by atoms with E-state index >= 15 is 0 Å². The van der Waals surface area contributed by atoms with Crippen LogP contribution in [-0.2, 0) is 6.54 Å². The molecule has 0 spiro atoms. The Balaban J connectivity index is 1.87. The monoisotopic (exact) mass is 294 g/mol. The predicted molar refractivity (Wildman–Crippen MR) is 70.8 cm³/mol. The minimum Gasteiger partial charge on any atom is -0.306 e. The SMILES string of the molecule is CN1CCC(Cn2nnc3ccc(Br)cc32)C1. The molecule has 1 aliphatic rings. The molecule has 1 atom stereocenters. The molecule has 1 unspecified atom stereocenters. The van der Waals surface area contributed by atoms with Crippen molar-refractivity contribution < 1.29 is 0 Å². The number of halogens is 1. The summed E-state index contributed by atoms with van der Waals surface area (Å²) in [4.78, 5) is 2.37. The number of hydrogen-bond acceptors (Lipinski definition) is 3. The van der Waals surface area contributed by atoms with E-state index in [1.54, 1.807) is 0 Å². The van der Waals surface area contributed by atoms with Gasteiger partial charge in [0.2, 0.25) is 0 Å². The van der Waals surface area contributed by atoms with Crippen LogP contribution in [-0.4, -0.2) is 40.0 Å². The molecule has 17 heavy (non-hydrogen) atoms. The molecular formula is C12H15BrN4. The van der Waals surface area contributed by atoms with Gasteiger partial charge in [0, 0.05) is 17.6 Å². The molecule has 0 bridgehead atoms. The first-order valence-electron chi connectivity index (χ1n) is 5.89. The summed E-state index contributed by atoms with van der Waals surface area (Å²) in [5, 5.41) is 8.45. The van der Waals surface area contributed by atoms with Crippen LogP contribution in [0.5, 0.6) is 0 Å². The van der Waals surface area contributed by atoms with Crippen molar-refractivity contribution >= 4 is 27.0 Å². The number of rotatable bonds is 2. The maximum absolute atomic E-state index is 4.25. The van der Waals surface area contributed by atoms with E-state index in [1.807, 2.05) is 16.8 Å². The Morgan fingerprint density at radius 2 is 2.35 bits per heavy atom. The highest BCUT2D eigenvalue weighted by Gasteiger charge is 2.20. The molecule has 0 N–H and O–H groups in total. The van der Waals surface area contributed by atoms with Gasteiger partial charge in [0.1, 0.15) is 5.52 Å². The van der Waals surface area contributed by atoms with Crippen LogP contribution < -0.4 is 0 Å². The minimum atomic E-state index is 0.698. The van der Waals surface area contributed by atoms with Crippen molar-refractivity contribution in [1.29, 1.82) is 0 Å². The lowest BCUT2D eigenvalue weighted by atomic mass is 10.1. The van der Waals surface area contributed by atoms with E-state index in [4.69, 9.17) is 0 Å². The molecule has 0 amide bonds. The van der Waals surface area contributed by atoms with Crippen LogP contribution in [0.1, 0.15) is 6.42 Å². The summed E-state index contributed by atoms with van der Waals surface area (Å²) in [5.74, 6) is 0.698. The number of benzene rings is 1. The van der Waals surface area contributed by atoms with Gasteiger partial charge in [0.05, 0.1) is 5.52 Å². The Bertz CT molecular complexity index is 536. The summed E-state index contributed by atoms with van der Waals surface area (Å²) in [7, 11) is 2.18. The van der Waals surface area contributed by atoms with E-state index in [2.05, 4.69) is 44.3 Å². The largest absolute Gasteiger partial charge is 0.306 e. The fourth-order valence-corrected chi connectivity index (χ4v) is 2.84. The first-order chi connectivity index (χ1) is 8.22. The average Bonchev–Trinajstić information content (AvgIpc) is 2.87. The fraction of sp³-hybridized carbons (Fsp3) is 0.500. The highest BCUT2D eigenvalue weighted by molar-refractivity contribution is 9.10. The van der Waals surface area contributed by atoms with Crippen LogP contribution in [0, 0.1) is 5.92 Å². The molecule has 1 saturated heterocycles.